The second-order valence-corrected chi connectivity index (χ2v) is 27.0. The number of hydrogen-bond donors (Lipinski definition) is 2. The summed E-state index contributed by atoms with van der Waals surface area (Å²) >= 11 is 0. The second kappa shape index (κ2) is 42.3. The van der Waals surface area contributed by atoms with E-state index in [0.717, 1.165) is 93.7 Å². The minimum atomic E-state index is -5.33. The van der Waals surface area contributed by atoms with Crippen molar-refractivity contribution in [2.24, 2.45) is 0 Å². The van der Waals surface area contributed by atoms with Crippen LogP contribution in [0, 0.1) is 0 Å². The summed E-state index contributed by atoms with van der Waals surface area (Å²) in [4.78, 5) is 20.8. The van der Waals surface area contributed by atoms with Crippen LogP contribution in [0.2, 0.25) is 0 Å². The zero-order chi connectivity index (χ0) is 55.0. The molecule has 0 aliphatic carbocycles. The van der Waals surface area contributed by atoms with E-state index in [4.69, 9.17) is 13.4 Å². The van der Waals surface area contributed by atoms with Gasteiger partial charge in [-0.3, -0.25) is 0 Å². The van der Waals surface area contributed by atoms with Gasteiger partial charge in [-0.25, -0.2) is 9.13 Å². The van der Waals surface area contributed by atoms with Crippen LogP contribution in [-0.4, -0.2) is 9.79 Å². The van der Waals surface area contributed by atoms with Crippen molar-refractivity contribution in [2.75, 3.05) is 0 Å². The van der Waals surface area contributed by atoms with Crippen LogP contribution in [0.5, 0.6) is 11.5 Å². The Kier molecular flexibility index (Phi) is 38.2. The highest BCUT2D eigenvalue weighted by molar-refractivity contribution is 7.61. The van der Waals surface area contributed by atoms with E-state index in [9.17, 15) is 14.4 Å². The number of phosphoric ester groups is 1. The van der Waals surface area contributed by atoms with Crippen LogP contribution in [0.4, 0.5) is 0 Å². The van der Waals surface area contributed by atoms with Crippen molar-refractivity contribution in [2.45, 2.75) is 355 Å². The summed E-state index contributed by atoms with van der Waals surface area (Å²) in [6.07, 6.45) is 58.7. The summed E-state index contributed by atoms with van der Waals surface area (Å²) in [6, 6.07) is 7.62. The Hall–Kier alpha value is -1.62. The Morgan fingerprint density at radius 3 is 0.908 bits per heavy atom. The zero-order valence-corrected chi connectivity index (χ0v) is 52.4. The Balaban J connectivity index is 2.12. The van der Waals surface area contributed by atoms with Crippen LogP contribution in [0.25, 0.3) is 0 Å². The lowest BCUT2D eigenvalue weighted by Crippen LogP contribution is -2.27. The quantitative estimate of drug-likeness (QED) is 0.0503. The van der Waals surface area contributed by atoms with Gasteiger partial charge in [-0.05, 0) is 96.9 Å². The lowest BCUT2D eigenvalue weighted by molar-refractivity contribution is 0.232. The molecule has 7 nitrogen and oxygen atoms in total. The third kappa shape index (κ3) is 29.2. The Morgan fingerprint density at radius 1 is 0.395 bits per heavy atom. The van der Waals surface area contributed by atoms with Crippen molar-refractivity contribution >= 4 is 15.6 Å². The molecule has 0 saturated heterocycles. The Bertz CT molecular complexity index is 1760. The molecule has 0 aromatic heterocycles. The zero-order valence-electron chi connectivity index (χ0n) is 50.6. The van der Waals surface area contributed by atoms with Gasteiger partial charge in [-0.15, -0.1) is 0 Å². The van der Waals surface area contributed by atoms with E-state index in [0.29, 0.717) is 5.75 Å². The number of rotatable bonds is 50. The predicted octanol–water partition coefficient (Wildman–Crippen LogP) is 23.4. The van der Waals surface area contributed by atoms with Crippen molar-refractivity contribution < 1.29 is 32.3 Å². The van der Waals surface area contributed by atoms with E-state index in [-0.39, 0.29) is 11.2 Å². The first-order valence-electron chi connectivity index (χ1n) is 33.0. The van der Waals surface area contributed by atoms with E-state index in [1.807, 2.05) is 0 Å². The highest BCUT2D eigenvalue weighted by Gasteiger charge is 2.43. The standard InChI is InChI=1S/C67H120O7P2/c1-7-11-15-19-23-27-31-35-39-43-47-51-61-63(53-49-45-41-37-33-29-25-21-17-13-9-3)66-64(54-50-46-42-38-34-30-26-22-18-14-10-4)62(52-48-44-40-36-32-28-24-20-16-12-8-2)65(61)67(5,6)59-55-57-60(58-56-59)72-76(71,73-66)74-75(68,69)70/h55-58H,7-54H2,1-6H3,(H2,68,69,70). The lowest BCUT2D eigenvalue weighted by atomic mass is 9.69. The normalized spacial score (nSPS) is 15.3. The molecule has 76 heavy (non-hydrogen) atoms. The highest BCUT2D eigenvalue weighted by Crippen LogP contribution is 2.62. The van der Waals surface area contributed by atoms with Gasteiger partial charge in [-0.2, -0.15) is 4.31 Å². The molecule has 9 heteroatoms. The summed E-state index contributed by atoms with van der Waals surface area (Å²) in [6.45, 7) is 14.0. The molecule has 2 N–H and O–H groups in total. The summed E-state index contributed by atoms with van der Waals surface area (Å²) in [5, 5.41) is 0. The number of hydrogen-bond acceptors (Lipinski definition) is 5. The molecule has 0 fully saturated rings. The van der Waals surface area contributed by atoms with Crippen molar-refractivity contribution in [3.63, 3.8) is 0 Å². The van der Waals surface area contributed by atoms with Crippen LogP contribution >= 0.6 is 15.6 Å². The maximum Gasteiger partial charge on any atom is 0.596 e. The molecule has 2 aromatic carbocycles. The maximum atomic E-state index is 15.2. The van der Waals surface area contributed by atoms with Crippen LogP contribution in [0.15, 0.2) is 24.3 Å². The summed E-state index contributed by atoms with van der Waals surface area (Å²) in [7, 11) is -10.2. The first kappa shape index (κ1) is 68.7. The van der Waals surface area contributed by atoms with E-state index in [1.165, 1.54) is 248 Å². The molecular weight excluding hydrogens is 979 g/mol. The molecule has 0 spiro atoms. The fourth-order valence-electron chi connectivity index (χ4n) is 12.2. The third-order valence-corrected chi connectivity index (χ3v) is 19.3. The van der Waals surface area contributed by atoms with E-state index in [2.05, 4.69) is 53.7 Å². The van der Waals surface area contributed by atoms with Gasteiger partial charge in [0.25, 0.3) is 0 Å². The van der Waals surface area contributed by atoms with Crippen molar-refractivity contribution in [3.8, 4) is 11.5 Å². The van der Waals surface area contributed by atoms with Crippen LogP contribution in [0.1, 0.15) is 357 Å². The molecule has 1 unspecified atom stereocenters. The van der Waals surface area contributed by atoms with E-state index in [1.54, 1.807) is 12.1 Å². The fourth-order valence-corrected chi connectivity index (χ4v) is 14.4. The van der Waals surface area contributed by atoms with Crippen LogP contribution in [0.3, 0.4) is 0 Å². The van der Waals surface area contributed by atoms with Gasteiger partial charge >= 0.3 is 15.6 Å². The predicted molar refractivity (Wildman–Crippen MR) is 328 cm³/mol. The molecule has 4 aliphatic rings. The molecule has 0 amide bonds. The number of benzene rings is 2. The minimum absolute atomic E-state index is 0.201. The summed E-state index contributed by atoms with van der Waals surface area (Å²) in [5.41, 5.74) is 6.95. The van der Waals surface area contributed by atoms with Gasteiger partial charge in [0.2, 0.25) is 0 Å². The summed E-state index contributed by atoms with van der Waals surface area (Å²) in [5.74, 6) is 0.731. The molecule has 2 aromatic rings. The molecular formula is C67H120O7P2. The van der Waals surface area contributed by atoms with Gasteiger partial charge in [0.1, 0.15) is 11.5 Å². The van der Waals surface area contributed by atoms with Crippen LogP contribution in [-0.2, 0) is 44.5 Å². The van der Waals surface area contributed by atoms with Crippen molar-refractivity contribution in [1.29, 1.82) is 0 Å². The first-order chi connectivity index (χ1) is 36.9. The lowest BCUT2D eigenvalue weighted by Gasteiger charge is -2.37. The Labute approximate surface area is 470 Å². The maximum absolute atomic E-state index is 15.2. The van der Waals surface area contributed by atoms with Gasteiger partial charge < -0.3 is 18.8 Å². The highest BCUT2D eigenvalue weighted by atomic mass is 31.3. The SMILES string of the molecule is CCCCCCCCCCCCCc1c(CCCCCCCCCCCCC)c2c(CCCCCCCCCCCCC)c(CCCCCCCCCCCCC)c1OP(=O)(OP(=O)(O)O)Oc1ccc(cc1)C2(C)C. The van der Waals surface area contributed by atoms with E-state index < -0.39 is 15.6 Å². The molecule has 0 saturated carbocycles. The molecule has 1 atom stereocenters. The van der Waals surface area contributed by atoms with Gasteiger partial charge in [-0.1, -0.05) is 311 Å². The third-order valence-electron chi connectivity index (χ3n) is 16.8. The van der Waals surface area contributed by atoms with Crippen LogP contribution < -0.4 is 9.05 Å². The van der Waals surface area contributed by atoms with Crippen molar-refractivity contribution in [3.05, 3.63) is 57.6 Å². The number of unbranched alkanes of at least 4 members (excludes halogenated alkanes) is 40. The van der Waals surface area contributed by atoms with Gasteiger partial charge in [0, 0.05) is 5.41 Å². The molecule has 440 valence electrons. The molecule has 4 aliphatic heterocycles. The van der Waals surface area contributed by atoms with Crippen molar-refractivity contribution in [1.82, 2.24) is 0 Å². The average Bonchev–Trinajstić information content (AvgIpc) is 3.38. The smallest absolute Gasteiger partial charge is 0.395 e. The fraction of sp³-hybridized carbons (Fsp3) is 0.821. The Morgan fingerprint density at radius 2 is 0.645 bits per heavy atom. The number of phosphoric acid groups is 2. The van der Waals surface area contributed by atoms with E-state index >= 15 is 4.57 Å². The van der Waals surface area contributed by atoms with Gasteiger partial charge in [0.15, 0.2) is 0 Å². The molecule has 6 rings (SSSR count). The largest absolute Gasteiger partial charge is 0.596 e. The first-order valence-corrected chi connectivity index (χ1v) is 36.0. The molecule has 4 bridgehead atoms. The summed E-state index contributed by atoms with van der Waals surface area (Å²) < 4.78 is 46.2. The molecule has 4 heterocycles. The molecule has 0 radical (unpaired) electrons. The average molecular weight is 1100 g/mol. The topological polar surface area (TPSA) is 102 Å². The monoisotopic (exact) mass is 1100 g/mol. The van der Waals surface area contributed by atoms with Gasteiger partial charge in [0.05, 0.1) is 0 Å². The minimum Gasteiger partial charge on any atom is -0.395 e. The second-order valence-electron chi connectivity index (χ2n) is 24.1.